The third kappa shape index (κ3) is 18.9. The van der Waals surface area contributed by atoms with E-state index in [9.17, 15) is 9.90 Å². The number of carboxylic acid groups (broad SMARTS) is 1. The Kier molecular flexibility index (Phi) is 16.4. The average Bonchev–Trinajstić information content (AvgIpc) is 2.52. The zero-order valence-corrected chi connectivity index (χ0v) is 14.9. The van der Waals surface area contributed by atoms with E-state index in [4.69, 9.17) is 5.11 Å². The van der Waals surface area contributed by atoms with Crippen molar-refractivity contribution < 1.29 is 15.0 Å². The maximum atomic E-state index is 10.4. The molecule has 0 spiro atoms. The van der Waals surface area contributed by atoms with E-state index in [0.29, 0.717) is 6.42 Å². The van der Waals surface area contributed by atoms with Crippen molar-refractivity contribution in [3.8, 4) is 0 Å². The molecule has 0 aromatic carbocycles. The van der Waals surface area contributed by atoms with Crippen molar-refractivity contribution in [1.82, 2.24) is 0 Å². The number of hydrogen-bond acceptors (Lipinski definition) is 2. The van der Waals surface area contributed by atoms with Gasteiger partial charge in [-0.2, -0.15) is 0 Å². The van der Waals surface area contributed by atoms with Crippen LogP contribution in [-0.4, -0.2) is 22.3 Å². The Labute approximate surface area is 142 Å². The fourth-order valence-corrected chi connectivity index (χ4v) is 2.49. The lowest BCUT2D eigenvalue weighted by Gasteiger charge is -2.05. The van der Waals surface area contributed by atoms with Gasteiger partial charge in [0.1, 0.15) is 0 Å². The van der Waals surface area contributed by atoms with Gasteiger partial charge in [-0.25, -0.2) is 0 Å². The molecule has 3 nitrogen and oxygen atoms in total. The van der Waals surface area contributed by atoms with Crippen molar-refractivity contribution in [2.24, 2.45) is 0 Å². The van der Waals surface area contributed by atoms with Crippen molar-refractivity contribution in [2.75, 3.05) is 0 Å². The molecular weight excluding hydrogens is 288 g/mol. The topological polar surface area (TPSA) is 57.5 Å². The molecule has 0 heterocycles. The Bertz CT molecular complexity index is 321. The zero-order chi connectivity index (χ0) is 17.2. The highest BCUT2D eigenvalue weighted by Crippen LogP contribution is 2.11. The molecule has 0 saturated carbocycles. The molecule has 0 radical (unpaired) electrons. The summed E-state index contributed by atoms with van der Waals surface area (Å²) in [5.41, 5.74) is 0. The summed E-state index contributed by atoms with van der Waals surface area (Å²) in [4.78, 5) is 10.4. The molecule has 0 saturated heterocycles. The third-order valence-corrected chi connectivity index (χ3v) is 3.95. The monoisotopic (exact) mass is 324 g/mol. The summed E-state index contributed by atoms with van der Waals surface area (Å²) in [6.07, 6.45) is 21.3. The highest BCUT2D eigenvalue weighted by atomic mass is 16.4. The first-order chi connectivity index (χ1) is 11.2. The van der Waals surface area contributed by atoms with Crippen molar-refractivity contribution >= 4 is 5.97 Å². The smallest absolute Gasteiger partial charge is 0.303 e. The van der Waals surface area contributed by atoms with Crippen LogP contribution in [0.4, 0.5) is 0 Å². The number of allylic oxidation sites excluding steroid dienone is 3. The number of carboxylic acids is 1. The van der Waals surface area contributed by atoms with Crippen LogP contribution < -0.4 is 0 Å². The first kappa shape index (κ1) is 21.9. The summed E-state index contributed by atoms with van der Waals surface area (Å²) < 4.78 is 0. The van der Waals surface area contributed by atoms with Crippen LogP contribution in [0.5, 0.6) is 0 Å². The van der Waals surface area contributed by atoms with Crippen LogP contribution >= 0.6 is 0 Å². The van der Waals surface area contributed by atoms with E-state index in [1.807, 2.05) is 18.2 Å². The number of rotatable bonds is 16. The van der Waals surface area contributed by atoms with Gasteiger partial charge in [0.25, 0.3) is 0 Å². The number of aliphatic carboxylic acids is 1. The highest BCUT2D eigenvalue weighted by Gasteiger charge is 1.99. The Balaban J connectivity index is 3.35. The van der Waals surface area contributed by atoms with E-state index >= 15 is 0 Å². The Morgan fingerprint density at radius 2 is 1.57 bits per heavy atom. The third-order valence-electron chi connectivity index (χ3n) is 3.95. The van der Waals surface area contributed by atoms with E-state index < -0.39 is 5.97 Å². The van der Waals surface area contributed by atoms with Crippen LogP contribution in [0.15, 0.2) is 24.3 Å². The summed E-state index contributed by atoms with van der Waals surface area (Å²) in [7, 11) is 0. The lowest BCUT2D eigenvalue weighted by molar-refractivity contribution is -0.137. The molecule has 2 N–H and O–H groups in total. The van der Waals surface area contributed by atoms with Gasteiger partial charge in [-0.1, -0.05) is 82.6 Å². The van der Waals surface area contributed by atoms with Gasteiger partial charge in [0.15, 0.2) is 0 Å². The quantitative estimate of drug-likeness (QED) is 0.285. The first-order valence-electron chi connectivity index (χ1n) is 9.40. The second-order valence-corrected chi connectivity index (χ2v) is 6.28. The van der Waals surface area contributed by atoms with E-state index in [2.05, 4.69) is 13.0 Å². The van der Waals surface area contributed by atoms with Gasteiger partial charge in [0.05, 0.1) is 6.10 Å². The molecule has 0 rings (SSSR count). The second kappa shape index (κ2) is 17.3. The molecule has 1 atom stereocenters. The number of hydrogen-bond donors (Lipinski definition) is 2. The summed E-state index contributed by atoms with van der Waals surface area (Å²) in [5, 5.41) is 18.4. The Morgan fingerprint density at radius 3 is 2.22 bits per heavy atom. The van der Waals surface area contributed by atoms with Gasteiger partial charge in [-0.3, -0.25) is 4.79 Å². The summed E-state index contributed by atoms with van der Waals surface area (Å²) >= 11 is 0. The molecule has 134 valence electrons. The molecule has 3 heteroatoms. The van der Waals surface area contributed by atoms with Gasteiger partial charge in [0, 0.05) is 6.42 Å². The minimum atomic E-state index is -0.692. The van der Waals surface area contributed by atoms with Crippen molar-refractivity contribution in [1.29, 1.82) is 0 Å². The number of carbonyl (C=O) groups is 1. The number of aliphatic hydroxyl groups is 1. The lowest BCUT2D eigenvalue weighted by Crippen LogP contribution is -2.01. The Hall–Kier alpha value is -1.09. The van der Waals surface area contributed by atoms with Crippen molar-refractivity contribution in [3.05, 3.63) is 24.3 Å². The predicted molar refractivity (Wildman–Crippen MR) is 97.6 cm³/mol. The van der Waals surface area contributed by atoms with Gasteiger partial charge in [0.2, 0.25) is 0 Å². The fourth-order valence-electron chi connectivity index (χ4n) is 2.49. The molecule has 0 bridgehead atoms. The van der Waals surface area contributed by atoms with E-state index in [-0.39, 0.29) is 6.10 Å². The molecule has 0 aromatic heterocycles. The molecule has 0 amide bonds. The number of unbranched alkanes of at least 4 members (excludes halogenated alkanes) is 9. The fraction of sp³-hybridized carbons (Fsp3) is 0.750. The number of aliphatic hydroxyl groups excluding tert-OH is 1. The van der Waals surface area contributed by atoms with Gasteiger partial charge < -0.3 is 10.2 Å². The molecule has 0 fully saturated rings. The van der Waals surface area contributed by atoms with Gasteiger partial charge in [-0.15, -0.1) is 0 Å². The normalized spacial score (nSPS) is 13.1. The van der Waals surface area contributed by atoms with Crippen LogP contribution in [0.1, 0.15) is 90.4 Å². The SMILES string of the molecule is CCCCC/C=C/C=C/[C@H](O)CCCCCCCCCC(=O)O. The Morgan fingerprint density at radius 1 is 0.913 bits per heavy atom. The molecule has 0 aliphatic heterocycles. The molecular formula is C20H36O3. The van der Waals surface area contributed by atoms with Crippen LogP contribution in [0, 0.1) is 0 Å². The summed E-state index contributed by atoms with van der Waals surface area (Å²) in [6, 6.07) is 0. The van der Waals surface area contributed by atoms with Crippen LogP contribution in [0.25, 0.3) is 0 Å². The molecule has 0 aliphatic rings. The second-order valence-electron chi connectivity index (χ2n) is 6.28. The largest absolute Gasteiger partial charge is 0.481 e. The minimum Gasteiger partial charge on any atom is -0.481 e. The van der Waals surface area contributed by atoms with Gasteiger partial charge >= 0.3 is 5.97 Å². The summed E-state index contributed by atoms with van der Waals surface area (Å²) in [5.74, 6) is -0.692. The van der Waals surface area contributed by atoms with E-state index in [1.54, 1.807) is 0 Å². The van der Waals surface area contributed by atoms with E-state index in [1.165, 1.54) is 32.1 Å². The van der Waals surface area contributed by atoms with Crippen LogP contribution in [0.3, 0.4) is 0 Å². The highest BCUT2D eigenvalue weighted by molar-refractivity contribution is 5.66. The maximum absolute atomic E-state index is 10.4. The van der Waals surface area contributed by atoms with E-state index in [0.717, 1.165) is 44.9 Å². The summed E-state index contributed by atoms with van der Waals surface area (Å²) in [6.45, 7) is 2.21. The molecule has 0 aromatic rings. The minimum absolute atomic E-state index is 0.297. The molecule has 23 heavy (non-hydrogen) atoms. The standard InChI is InChI=1S/C20H36O3/c1-2-3-4-5-7-10-13-16-19(21)17-14-11-8-6-9-12-15-18-20(22)23/h7,10,13,16,19,21H,2-6,8-9,11-12,14-15,17-18H2,1H3,(H,22,23)/b10-7+,16-13+/t19-/m0/s1. The average molecular weight is 325 g/mol. The first-order valence-corrected chi connectivity index (χ1v) is 9.40. The van der Waals surface area contributed by atoms with Crippen molar-refractivity contribution in [3.63, 3.8) is 0 Å². The van der Waals surface area contributed by atoms with Crippen molar-refractivity contribution in [2.45, 2.75) is 96.5 Å². The molecule has 0 aliphatic carbocycles. The van der Waals surface area contributed by atoms with Gasteiger partial charge in [-0.05, 0) is 25.7 Å². The lowest BCUT2D eigenvalue weighted by atomic mass is 10.1. The van der Waals surface area contributed by atoms with Crippen LogP contribution in [-0.2, 0) is 4.79 Å². The zero-order valence-electron chi connectivity index (χ0n) is 14.9. The predicted octanol–water partition coefficient (Wildman–Crippen LogP) is 5.64. The molecule has 0 unspecified atom stereocenters. The maximum Gasteiger partial charge on any atom is 0.303 e. The van der Waals surface area contributed by atoms with Crippen LogP contribution in [0.2, 0.25) is 0 Å².